The maximum atomic E-state index is 11.1. The summed E-state index contributed by atoms with van der Waals surface area (Å²) >= 11 is 6.32. The number of hydrogen-bond acceptors (Lipinski definition) is 1. The zero-order valence-electron chi connectivity index (χ0n) is 9.17. The van der Waals surface area contributed by atoms with Gasteiger partial charge in [-0.3, -0.25) is 4.79 Å². The lowest BCUT2D eigenvalue weighted by Gasteiger charge is -2.22. The van der Waals surface area contributed by atoms with Gasteiger partial charge in [-0.2, -0.15) is 0 Å². The molecule has 3 nitrogen and oxygen atoms in total. The van der Waals surface area contributed by atoms with Crippen LogP contribution < -0.4 is 5.32 Å². The molecular weight excluding hydrogens is 224 g/mol. The third-order valence-electron chi connectivity index (χ3n) is 2.51. The molecule has 1 atom stereocenters. The molecule has 2 N–H and O–H groups in total. The highest BCUT2D eigenvalue weighted by atomic mass is 35.5. The maximum absolute atomic E-state index is 11.1. The van der Waals surface area contributed by atoms with Crippen molar-refractivity contribution in [2.75, 3.05) is 0 Å². The molecule has 0 fully saturated rings. The minimum atomic E-state index is -0.883. The number of hydrogen-bond donors (Lipinski definition) is 2. The topological polar surface area (TPSA) is 44.9 Å². The molecule has 0 saturated heterocycles. The number of aromatic nitrogens is 1. The molecule has 4 heteroatoms. The Bertz CT molecular complexity index is 531. The summed E-state index contributed by atoms with van der Waals surface area (Å²) in [5.41, 5.74) is 1.88. The predicted molar refractivity (Wildman–Crippen MR) is 65.3 cm³/mol. The minimum Gasteiger partial charge on any atom is -0.361 e. The van der Waals surface area contributed by atoms with E-state index in [1.54, 1.807) is 6.92 Å². The number of para-hydroxylation sites is 1. The van der Waals surface area contributed by atoms with E-state index in [0.29, 0.717) is 0 Å². The van der Waals surface area contributed by atoms with Crippen LogP contribution in [0.1, 0.15) is 19.4 Å². The molecule has 2 aromatic rings. The number of carbonyl (C=O) groups excluding carboxylic acids is 1. The average molecular weight is 237 g/mol. The van der Waals surface area contributed by atoms with Gasteiger partial charge in [0.05, 0.1) is 0 Å². The number of amides is 1. The SMILES string of the molecule is CC(=O)NC(C)(Cl)c1c[nH]c2ccccc12. The lowest BCUT2D eigenvalue weighted by molar-refractivity contribution is -0.119. The van der Waals surface area contributed by atoms with Gasteiger partial charge in [-0.15, -0.1) is 0 Å². The van der Waals surface area contributed by atoms with E-state index < -0.39 is 5.00 Å². The Labute approximate surface area is 98.8 Å². The number of fused-ring (bicyclic) bond motifs is 1. The van der Waals surface area contributed by atoms with Gasteiger partial charge < -0.3 is 10.3 Å². The van der Waals surface area contributed by atoms with Gasteiger partial charge in [0, 0.05) is 29.6 Å². The zero-order chi connectivity index (χ0) is 11.8. The maximum Gasteiger partial charge on any atom is 0.218 e. The molecule has 0 radical (unpaired) electrons. The molecule has 84 valence electrons. The van der Waals surface area contributed by atoms with Gasteiger partial charge in [0.1, 0.15) is 5.00 Å². The molecule has 1 heterocycles. The highest BCUT2D eigenvalue weighted by Gasteiger charge is 2.27. The molecule has 0 aliphatic carbocycles. The van der Waals surface area contributed by atoms with Gasteiger partial charge in [-0.25, -0.2) is 0 Å². The molecule has 0 aliphatic heterocycles. The van der Waals surface area contributed by atoms with Gasteiger partial charge in [-0.05, 0) is 13.0 Å². The lowest BCUT2D eigenvalue weighted by Crippen LogP contribution is -2.37. The van der Waals surface area contributed by atoms with E-state index in [1.807, 2.05) is 30.5 Å². The van der Waals surface area contributed by atoms with Crippen molar-refractivity contribution >= 4 is 28.4 Å². The van der Waals surface area contributed by atoms with Crippen molar-refractivity contribution in [3.8, 4) is 0 Å². The normalized spacial score (nSPS) is 14.7. The first-order chi connectivity index (χ1) is 7.50. The summed E-state index contributed by atoms with van der Waals surface area (Å²) in [6, 6.07) is 7.84. The van der Waals surface area contributed by atoms with Gasteiger partial charge in [0.25, 0.3) is 0 Å². The average Bonchev–Trinajstić information content (AvgIpc) is 2.59. The van der Waals surface area contributed by atoms with Crippen LogP contribution in [-0.4, -0.2) is 10.9 Å². The molecule has 2 rings (SSSR count). The summed E-state index contributed by atoms with van der Waals surface area (Å²) in [6.07, 6.45) is 1.83. The number of H-pyrrole nitrogens is 1. The molecule has 0 saturated carbocycles. The number of benzene rings is 1. The van der Waals surface area contributed by atoms with Crippen molar-refractivity contribution in [3.05, 3.63) is 36.0 Å². The minimum absolute atomic E-state index is 0.150. The van der Waals surface area contributed by atoms with E-state index in [1.165, 1.54) is 6.92 Å². The second kappa shape index (κ2) is 3.83. The van der Waals surface area contributed by atoms with Crippen molar-refractivity contribution in [3.63, 3.8) is 0 Å². The Morgan fingerprint density at radius 3 is 2.81 bits per heavy atom. The van der Waals surface area contributed by atoms with Gasteiger partial charge in [0.15, 0.2) is 0 Å². The summed E-state index contributed by atoms with van der Waals surface area (Å²) in [5.74, 6) is -0.150. The van der Waals surface area contributed by atoms with Crippen LogP contribution >= 0.6 is 11.6 Å². The molecule has 1 aromatic heterocycles. The molecule has 0 aliphatic rings. The van der Waals surface area contributed by atoms with E-state index in [0.717, 1.165) is 16.5 Å². The number of carbonyl (C=O) groups is 1. The lowest BCUT2D eigenvalue weighted by atomic mass is 10.1. The van der Waals surface area contributed by atoms with Crippen molar-refractivity contribution in [2.45, 2.75) is 18.8 Å². The van der Waals surface area contributed by atoms with E-state index in [4.69, 9.17) is 11.6 Å². The van der Waals surface area contributed by atoms with Gasteiger partial charge in [-0.1, -0.05) is 29.8 Å². The summed E-state index contributed by atoms with van der Waals surface area (Å²) in [5, 5.41) is 3.74. The fraction of sp³-hybridized carbons (Fsp3) is 0.250. The molecule has 16 heavy (non-hydrogen) atoms. The van der Waals surface area contributed by atoms with E-state index in [2.05, 4.69) is 10.3 Å². The predicted octanol–water partition coefficient (Wildman–Crippen LogP) is 2.72. The smallest absolute Gasteiger partial charge is 0.218 e. The first-order valence-corrected chi connectivity index (χ1v) is 5.43. The quantitative estimate of drug-likeness (QED) is 0.611. The molecular formula is C12H13ClN2O. The number of halogens is 1. The van der Waals surface area contributed by atoms with Crippen molar-refractivity contribution < 1.29 is 4.79 Å². The van der Waals surface area contributed by atoms with Crippen LogP contribution in [0.25, 0.3) is 10.9 Å². The first kappa shape index (κ1) is 11.0. The largest absolute Gasteiger partial charge is 0.361 e. The fourth-order valence-electron chi connectivity index (χ4n) is 1.86. The Morgan fingerprint density at radius 2 is 2.12 bits per heavy atom. The number of rotatable bonds is 2. The third-order valence-corrected chi connectivity index (χ3v) is 2.80. The number of aromatic amines is 1. The standard InChI is InChI=1S/C12H13ClN2O/c1-8(16)15-12(2,13)10-7-14-11-6-4-3-5-9(10)11/h3-7,14H,1-2H3,(H,15,16). The van der Waals surface area contributed by atoms with E-state index in [-0.39, 0.29) is 5.91 Å². The van der Waals surface area contributed by atoms with Crippen LogP contribution in [0.4, 0.5) is 0 Å². The van der Waals surface area contributed by atoms with Crippen LogP contribution in [-0.2, 0) is 9.79 Å². The Morgan fingerprint density at radius 1 is 1.44 bits per heavy atom. The van der Waals surface area contributed by atoms with Gasteiger partial charge in [0.2, 0.25) is 5.91 Å². The van der Waals surface area contributed by atoms with Crippen LogP contribution in [0.5, 0.6) is 0 Å². The Hall–Kier alpha value is -1.48. The van der Waals surface area contributed by atoms with Crippen LogP contribution in [0.15, 0.2) is 30.5 Å². The Kier molecular flexibility index (Phi) is 2.64. The van der Waals surface area contributed by atoms with Crippen molar-refractivity contribution in [1.29, 1.82) is 0 Å². The molecule has 1 unspecified atom stereocenters. The summed E-state index contributed by atoms with van der Waals surface area (Å²) in [7, 11) is 0. The van der Waals surface area contributed by atoms with Crippen molar-refractivity contribution in [2.24, 2.45) is 0 Å². The van der Waals surface area contributed by atoms with Crippen LogP contribution in [0, 0.1) is 0 Å². The first-order valence-electron chi connectivity index (χ1n) is 5.05. The molecule has 0 spiro atoms. The summed E-state index contributed by atoms with van der Waals surface area (Å²) < 4.78 is 0. The van der Waals surface area contributed by atoms with Gasteiger partial charge >= 0.3 is 0 Å². The number of nitrogens with one attached hydrogen (secondary N) is 2. The summed E-state index contributed by atoms with van der Waals surface area (Å²) in [6.45, 7) is 3.22. The van der Waals surface area contributed by atoms with E-state index in [9.17, 15) is 4.79 Å². The molecule has 1 aromatic carbocycles. The second-order valence-electron chi connectivity index (χ2n) is 3.93. The zero-order valence-corrected chi connectivity index (χ0v) is 9.93. The van der Waals surface area contributed by atoms with Crippen LogP contribution in [0.2, 0.25) is 0 Å². The second-order valence-corrected chi connectivity index (χ2v) is 4.69. The molecule has 0 bridgehead atoms. The third kappa shape index (κ3) is 1.91. The summed E-state index contributed by atoms with van der Waals surface area (Å²) in [4.78, 5) is 13.3. The monoisotopic (exact) mass is 236 g/mol. The molecule has 1 amide bonds. The van der Waals surface area contributed by atoms with Crippen molar-refractivity contribution in [1.82, 2.24) is 10.3 Å². The van der Waals surface area contributed by atoms with Crippen LogP contribution in [0.3, 0.4) is 0 Å². The van der Waals surface area contributed by atoms with E-state index >= 15 is 0 Å². The number of alkyl halides is 1. The fourth-order valence-corrected chi connectivity index (χ4v) is 2.15. The highest BCUT2D eigenvalue weighted by molar-refractivity contribution is 6.25. The highest BCUT2D eigenvalue weighted by Crippen LogP contribution is 2.31. The Balaban J connectivity index is 2.50.